The summed E-state index contributed by atoms with van der Waals surface area (Å²) in [5, 5.41) is 13.3. The van der Waals surface area contributed by atoms with Crippen molar-refractivity contribution in [3.63, 3.8) is 0 Å². The van der Waals surface area contributed by atoms with Crippen molar-refractivity contribution in [3.8, 4) is 0 Å². The van der Waals surface area contributed by atoms with Crippen molar-refractivity contribution in [2.75, 3.05) is 0 Å². The molecule has 2 aromatic carbocycles. The van der Waals surface area contributed by atoms with Gasteiger partial charge in [-0.25, -0.2) is 28.5 Å². The van der Waals surface area contributed by atoms with Gasteiger partial charge in [-0.2, -0.15) is 15.3 Å². The van der Waals surface area contributed by atoms with Crippen molar-refractivity contribution in [1.29, 1.82) is 0 Å². The summed E-state index contributed by atoms with van der Waals surface area (Å²) in [6.07, 6.45) is 26.5. The molecule has 0 N–H and O–H groups in total. The molecule has 0 saturated heterocycles. The van der Waals surface area contributed by atoms with Crippen molar-refractivity contribution in [2.24, 2.45) is 11.8 Å². The zero-order chi connectivity index (χ0) is 61.1. The Morgan fingerprint density at radius 2 is 0.830 bits per heavy atom. The van der Waals surface area contributed by atoms with Crippen LogP contribution in [0.4, 0.5) is 0 Å². The zero-order valence-corrected chi connectivity index (χ0v) is 55.2. The highest BCUT2D eigenvalue weighted by Gasteiger charge is 2.29. The lowest BCUT2D eigenvalue weighted by Gasteiger charge is -2.24. The molecular formula is C79H133N9. The fourth-order valence-corrected chi connectivity index (χ4v) is 11.0. The third kappa shape index (κ3) is 24.0. The molecule has 0 aliphatic heterocycles. The molecule has 0 fully saturated rings. The van der Waals surface area contributed by atoms with Gasteiger partial charge < -0.3 is 0 Å². The Bertz CT molecular complexity index is 3190. The van der Waals surface area contributed by atoms with Crippen molar-refractivity contribution in [3.05, 3.63) is 195 Å². The number of allylic oxidation sites excluding steroid dienone is 8. The molecule has 0 saturated carbocycles. The van der Waals surface area contributed by atoms with E-state index < -0.39 is 0 Å². The number of aryl methyl sites for hydroxylation is 3. The number of fused-ring (bicyclic) bond motifs is 6. The first-order chi connectivity index (χ1) is 40.4. The van der Waals surface area contributed by atoms with E-state index in [1.54, 1.807) is 22.3 Å². The predicted molar refractivity (Wildman–Crippen MR) is 397 cm³/mol. The maximum atomic E-state index is 4.56. The first kappa shape index (κ1) is 90.0. The van der Waals surface area contributed by atoms with E-state index in [0.717, 1.165) is 65.6 Å². The van der Waals surface area contributed by atoms with E-state index in [2.05, 4.69) is 129 Å². The number of aromatic nitrogens is 9. The molecular weight excluding hydrogens is 1070 g/mol. The summed E-state index contributed by atoms with van der Waals surface area (Å²) in [7, 11) is 0. The quantitative estimate of drug-likeness (QED) is 0.165. The molecule has 494 valence electrons. The highest BCUT2D eigenvalue weighted by Crippen LogP contribution is 2.44. The second kappa shape index (κ2) is 50.2. The van der Waals surface area contributed by atoms with Gasteiger partial charge in [0.15, 0.2) is 16.9 Å². The van der Waals surface area contributed by atoms with Gasteiger partial charge in [0.05, 0.1) is 24.3 Å². The van der Waals surface area contributed by atoms with Gasteiger partial charge in [-0.1, -0.05) is 247 Å². The highest BCUT2D eigenvalue weighted by atomic mass is 15.3. The Labute approximate surface area is 542 Å². The fraction of sp³-hybridized carbons (Fsp3) is 0.519. The summed E-state index contributed by atoms with van der Waals surface area (Å²) < 4.78 is 5.95. The minimum Gasteiger partial charge on any atom is -0.234 e. The van der Waals surface area contributed by atoms with Gasteiger partial charge in [0, 0.05) is 53.1 Å². The molecule has 6 heterocycles. The Hall–Kier alpha value is -6.74. The van der Waals surface area contributed by atoms with Crippen molar-refractivity contribution >= 4 is 28.1 Å². The van der Waals surface area contributed by atoms with E-state index in [9.17, 15) is 0 Å². The summed E-state index contributed by atoms with van der Waals surface area (Å²) in [5.41, 5.74) is 23.7. The first-order valence-electron chi connectivity index (χ1n) is 32.2. The van der Waals surface area contributed by atoms with Gasteiger partial charge >= 0.3 is 0 Å². The van der Waals surface area contributed by atoms with Gasteiger partial charge in [0.2, 0.25) is 0 Å². The Kier molecular flexibility index (Phi) is 51.3. The van der Waals surface area contributed by atoms with E-state index >= 15 is 0 Å². The van der Waals surface area contributed by atoms with Crippen LogP contribution in [-0.4, -0.2) is 43.8 Å². The fourth-order valence-electron chi connectivity index (χ4n) is 11.0. The highest BCUT2D eigenvalue weighted by molar-refractivity contribution is 5.77. The average Bonchev–Trinajstić information content (AvgIpc) is 4.61. The molecule has 0 bridgehead atoms. The number of rotatable bonds is 6. The number of hydrogen-bond donors (Lipinski definition) is 0. The van der Waals surface area contributed by atoms with Crippen molar-refractivity contribution in [1.82, 2.24) is 43.8 Å². The second-order valence-electron chi connectivity index (χ2n) is 18.5. The summed E-state index contributed by atoms with van der Waals surface area (Å²) in [5.74, 6) is 1.44. The maximum Gasteiger partial charge on any atom is 0.155 e. The SMILES string of the molecule is C.C.C.C.C.C.CC.CC.CC.CC.CC.CC.CC.CC.CC.Cc1cc(CC2=CCc3ccccc32)n2nccc2n1.Cc1cc(CC2CCC3=C(C2)c2ccccc2C3)n2nccc2n1.Cc1cc(CC2CCC3=C(C=CC3)C2)n2nccc2n1. The van der Waals surface area contributed by atoms with E-state index in [4.69, 9.17) is 0 Å². The van der Waals surface area contributed by atoms with Crippen LogP contribution >= 0.6 is 0 Å². The van der Waals surface area contributed by atoms with Crippen LogP contribution in [0, 0.1) is 32.6 Å². The largest absolute Gasteiger partial charge is 0.234 e. The Morgan fingerprint density at radius 1 is 0.432 bits per heavy atom. The molecule has 9 heteroatoms. The van der Waals surface area contributed by atoms with Gasteiger partial charge in [0.25, 0.3) is 0 Å². The van der Waals surface area contributed by atoms with Crippen molar-refractivity contribution < 1.29 is 0 Å². The molecule has 0 radical (unpaired) electrons. The lowest BCUT2D eigenvalue weighted by Crippen LogP contribution is -2.14. The van der Waals surface area contributed by atoms with Gasteiger partial charge in [-0.15, -0.1) is 0 Å². The number of nitrogens with zero attached hydrogens (tertiary/aromatic N) is 9. The van der Waals surface area contributed by atoms with Crippen LogP contribution in [0.2, 0.25) is 0 Å². The lowest BCUT2D eigenvalue weighted by molar-refractivity contribution is 0.448. The van der Waals surface area contributed by atoms with Crippen LogP contribution < -0.4 is 0 Å². The lowest BCUT2D eigenvalue weighted by atomic mass is 9.81. The van der Waals surface area contributed by atoms with Crippen molar-refractivity contribution in [2.45, 2.75) is 267 Å². The third-order valence-electron chi connectivity index (χ3n) is 14.0. The average molecular weight is 1210 g/mol. The summed E-state index contributed by atoms with van der Waals surface area (Å²) in [6.45, 7) is 42.2. The number of hydrogen-bond acceptors (Lipinski definition) is 6. The van der Waals surface area contributed by atoms with E-state index in [1.165, 1.54) is 96.3 Å². The summed E-state index contributed by atoms with van der Waals surface area (Å²) in [6, 6.07) is 30.0. The molecule has 13 rings (SSSR count). The molecule has 0 spiro atoms. The Balaban J connectivity index is -0.000000337. The van der Waals surface area contributed by atoms with Crippen LogP contribution in [0.1, 0.15) is 271 Å². The van der Waals surface area contributed by atoms with Gasteiger partial charge in [0.1, 0.15) is 0 Å². The Morgan fingerprint density at radius 3 is 1.31 bits per heavy atom. The molecule has 2 unspecified atom stereocenters. The zero-order valence-electron chi connectivity index (χ0n) is 55.2. The molecule has 0 amide bonds. The minimum absolute atomic E-state index is 0. The molecule has 88 heavy (non-hydrogen) atoms. The minimum atomic E-state index is 0. The topological polar surface area (TPSA) is 90.6 Å². The summed E-state index contributed by atoms with van der Waals surface area (Å²) in [4.78, 5) is 13.6. The number of benzene rings is 2. The van der Waals surface area contributed by atoms with E-state index in [-0.39, 0.29) is 44.6 Å². The molecule has 6 aromatic heterocycles. The van der Waals surface area contributed by atoms with E-state index in [0.29, 0.717) is 5.92 Å². The van der Waals surface area contributed by atoms with Gasteiger partial charge in [-0.05, 0) is 160 Å². The predicted octanol–water partition coefficient (Wildman–Crippen LogP) is 24.3. The third-order valence-corrected chi connectivity index (χ3v) is 14.0. The molecule has 2 atom stereocenters. The summed E-state index contributed by atoms with van der Waals surface area (Å²) >= 11 is 0. The van der Waals surface area contributed by atoms with Crippen LogP contribution in [0.25, 0.3) is 28.1 Å². The standard InChI is InChI=1S/C21H21N3.C17H19N3.C17H15N3.9C2H6.6CH4/c1-14-10-18(24-21(23-14)8-9-22-24)11-15-6-7-17-13-16-4-2-3-5-19(16)20(17)12-15;1-12-9-16(20-17(19-12)7-8-18-20)11-13-5-6-14-3-2-4-15(14)10-13;1-12-10-15(20-17(19-12)8-9-18-20)11-14-7-6-13-4-2-3-5-16(13)14;9*1-2;;;;;;/h2-5,8-10,15H,6-7,11-13H2,1H3;2,4,7-9,13H,3,5-6,10-11H2,1H3;2-5,7-10H,6,11H2,1H3;9*1-2H3;6*1H4. The molecule has 5 aliphatic carbocycles. The molecule has 5 aliphatic rings. The smallest absolute Gasteiger partial charge is 0.155 e. The van der Waals surface area contributed by atoms with Gasteiger partial charge in [-0.3, -0.25) is 0 Å². The second-order valence-corrected chi connectivity index (χ2v) is 18.5. The molecule has 9 nitrogen and oxygen atoms in total. The van der Waals surface area contributed by atoms with Crippen LogP contribution in [-0.2, 0) is 32.1 Å². The van der Waals surface area contributed by atoms with Crippen LogP contribution in [0.15, 0.2) is 138 Å². The molecule has 8 aromatic rings. The van der Waals surface area contributed by atoms with E-state index in [1.807, 2.05) is 182 Å². The normalized spacial score (nSPS) is 14.0. The first-order valence-corrected chi connectivity index (χ1v) is 32.2. The van der Waals surface area contributed by atoms with Crippen LogP contribution in [0.3, 0.4) is 0 Å². The van der Waals surface area contributed by atoms with Crippen LogP contribution in [0.5, 0.6) is 0 Å². The monoisotopic (exact) mass is 1210 g/mol. The maximum absolute atomic E-state index is 4.56.